The Morgan fingerprint density at radius 3 is 3.38 bits per heavy atom. The zero-order valence-corrected chi connectivity index (χ0v) is 7.41. The molecule has 1 aliphatic heterocycles. The predicted octanol–water partition coefficient (Wildman–Crippen LogP) is 1.01. The van der Waals surface area contributed by atoms with Gasteiger partial charge < -0.3 is 5.32 Å². The van der Waals surface area contributed by atoms with Crippen molar-refractivity contribution in [2.45, 2.75) is 13.3 Å². The number of fused-ring (bicyclic) bond motifs is 3. The van der Waals surface area contributed by atoms with Gasteiger partial charge in [-0.15, -0.1) is 0 Å². The monoisotopic (exact) mass is 174 g/mol. The topological polar surface area (TPSA) is 42.2 Å². The largest absolute Gasteiger partial charge is 0.369 e. The quantitative estimate of drug-likeness (QED) is 0.648. The van der Waals surface area contributed by atoms with Crippen LogP contribution >= 0.6 is 0 Å². The predicted molar refractivity (Wildman–Crippen MR) is 49.9 cm³/mol. The zero-order valence-electron chi connectivity index (χ0n) is 7.41. The Morgan fingerprint density at radius 2 is 2.46 bits per heavy atom. The average molecular weight is 174 g/mol. The highest BCUT2D eigenvalue weighted by Gasteiger charge is 2.14. The minimum atomic E-state index is 0.922. The van der Waals surface area contributed by atoms with E-state index in [9.17, 15) is 0 Å². The van der Waals surface area contributed by atoms with Crippen LogP contribution in [0.5, 0.6) is 0 Å². The molecule has 4 nitrogen and oxygen atoms in total. The van der Waals surface area contributed by atoms with E-state index in [0.717, 1.165) is 30.1 Å². The van der Waals surface area contributed by atoms with Crippen molar-refractivity contribution in [3.05, 3.63) is 23.5 Å². The van der Waals surface area contributed by atoms with E-state index in [4.69, 9.17) is 0 Å². The van der Waals surface area contributed by atoms with Crippen molar-refractivity contribution in [3.8, 4) is 0 Å². The Balaban J connectivity index is 2.42. The van der Waals surface area contributed by atoms with Crippen LogP contribution in [0.25, 0.3) is 5.65 Å². The molecule has 0 saturated heterocycles. The van der Waals surface area contributed by atoms with Crippen molar-refractivity contribution in [3.63, 3.8) is 0 Å². The third-order valence-corrected chi connectivity index (χ3v) is 2.37. The molecular weight excluding hydrogens is 164 g/mol. The van der Waals surface area contributed by atoms with E-state index in [1.54, 1.807) is 0 Å². The van der Waals surface area contributed by atoms with Crippen molar-refractivity contribution in [2.75, 3.05) is 11.9 Å². The van der Waals surface area contributed by atoms with Crippen LogP contribution in [0.4, 0.5) is 5.82 Å². The molecule has 0 radical (unpaired) electrons. The second-order valence-corrected chi connectivity index (χ2v) is 3.36. The Bertz CT molecular complexity index is 472. The molecule has 2 aromatic rings. The molecule has 0 spiro atoms. The Labute approximate surface area is 75.6 Å². The number of hydrogen-bond donors (Lipinski definition) is 1. The molecule has 3 heterocycles. The molecule has 0 aromatic carbocycles. The third-order valence-electron chi connectivity index (χ3n) is 2.37. The molecule has 0 fully saturated rings. The van der Waals surface area contributed by atoms with Gasteiger partial charge in [0.1, 0.15) is 5.82 Å². The summed E-state index contributed by atoms with van der Waals surface area (Å²) >= 11 is 0. The fraction of sp³-hybridized carbons (Fsp3) is 0.333. The molecule has 3 rings (SSSR count). The van der Waals surface area contributed by atoms with Gasteiger partial charge in [0.25, 0.3) is 0 Å². The molecule has 0 amide bonds. The molecule has 1 aliphatic rings. The summed E-state index contributed by atoms with van der Waals surface area (Å²) in [5.41, 5.74) is 3.19. The maximum Gasteiger partial charge on any atom is 0.157 e. The van der Waals surface area contributed by atoms with Crippen molar-refractivity contribution in [2.24, 2.45) is 0 Å². The number of hydrogen-bond acceptors (Lipinski definition) is 3. The van der Waals surface area contributed by atoms with E-state index in [-0.39, 0.29) is 0 Å². The first kappa shape index (κ1) is 6.88. The van der Waals surface area contributed by atoms with E-state index in [1.807, 2.05) is 23.7 Å². The SMILES string of the molecule is Cc1cc2ncc3c(n2n1)NCC3. The van der Waals surface area contributed by atoms with Crippen LogP contribution in [-0.2, 0) is 6.42 Å². The van der Waals surface area contributed by atoms with E-state index in [0.29, 0.717) is 0 Å². The lowest BCUT2D eigenvalue weighted by molar-refractivity contribution is 0.922. The highest BCUT2D eigenvalue weighted by atomic mass is 15.3. The fourth-order valence-electron chi connectivity index (χ4n) is 1.77. The molecule has 0 aliphatic carbocycles. The number of nitrogens with zero attached hydrogens (tertiary/aromatic N) is 3. The Morgan fingerprint density at radius 1 is 1.54 bits per heavy atom. The van der Waals surface area contributed by atoms with E-state index < -0.39 is 0 Å². The molecule has 13 heavy (non-hydrogen) atoms. The lowest BCUT2D eigenvalue weighted by Crippen LogP contribution is -1.99. The highest BCUT2D eigenvalue weighted by molar-refractivity contribution is 5.56. The first-order chi connectivity index (χ1) is 6.34. The Kier molecular flexibility index (Phi) is 1.17. The first-order valence-corrected chi connectivity index (χ1v) is 4.43. The van der Waals surface area contributed by atoms with Crippen molar-refractivity contribution >= 4 is 11.5 Å². The van der Waals surface area contributed by atoms with Crippen LogP contribution in [0.3, 0.4) is 0 Å². The number of aromatic nitrogens is 3. The minimum absolute atomic E-state index is 0.922. The summed E-state index contributed by atoms with van der Waals surface area (Å²) in [6.45, 7) is 2.98. The summed E-state index contributed by atoms with van der Waals surface area (Å²) < 4.78 is 1.89. The lowest BCUT2D eigenvalue weighted by atomic mass is 10.3. The van der Waals surface area contributed by atoms with E-state index in [2.05, 4.69) is 15.4 Å². The normalized spacial score (nSPS) is 14.5. The Hall–Kier alpha value is -1.58. The van der Waals surface area contributed by atoms with E-state index in [1.165, 1.54) is 5.56 Å². The molecule has 4 heteroatoms. The zero-order chi connectivity index (χ0) is 8.84. The summed E-state index contributed by atoms with van der Waals surface area (Å²) in [5.74, 6) is 1.11. The standard InChI is InChI=1S/C9H10N4/c1-6-4-8-11-5-7-2-3-10-9(7)13(8)12-6/h4-5,10H,2-3H2,1H3. The minimum Gasteiger partial charge on any atom is -0.369 e. The molecule has 2 aromatic heterocycles. The fourth-order valence-corrected chi connectivity index (χ4v) is 1.77. The van der Waals surface area contributed by atoms with Gasteiger partial charge >= 0.3 is 0 Å². The molecule has 66 valence electrons. The van der Waals surface area contributed by atoms with Crippen LogP contribution in [0.2, 0.25) is 0 Å². The average Bonchev–Trinajstić information content (AvgIpc) is 2.65. The number of rotatable bonds is 0. The first-order valence-electron chi connectivity index (χ1n) is 4.43. The summed E-state index contributed by atoms with van der Waals surface area (Å²) in [5, 5.41) is 7.69. The number of anilines is 1. The van der Waals surface area contributed by atoms with Gasteiger partial charge in [-0.25, -0.2) is 4.98 Å². The lowest BCUT2D eigenvalue weighted by Gasteiger charge is -2.01. The van der Waals surface area contributed by atoms with Gasteiger partial charge in [0.2, 0.25) is 0 Å². The van der Waals surface area contributed by atoms with Crippen LogP contribution in [-0.4, -0.2) is 21.1 Å². The maximum atomic E-state index is 4.38. The molecule has 0 saturated carbocycles. The highest BCUT2D eigenvalue weighted by Crippen LogP contribution is 2.21. The molecule has 0 atom stereocenters. The third kappa shape index (κ3) is 0.854. The summed E-state index contributed by atoms with van der Waals surface area (Å²) in [6.07, 6.45) is 2.99. The molecule has 0 unspecified atom stereocenters. The summed E-state index contributed by atoms with van der Waals surface area (Å²) in [4.78, 5) is 4.33. The van der Waals surface area contributed by atoms with Gasteiger partial charge in [-0.1, -0.05) is 0 Å². The van der Waals surface area contributed by atoms with Gasteiger partial charge in [-0.05, 0) is 13.3 Å². The second-order valence-electron chi connectivity index (χ2n) is 3.36. The van der Waals surface area contributed by atoms with Crippen molar-refractivity contribution in [1.29, 1.82) is 0 Å². The second kappa shape index (κ2) is 2.22. The number of nitrogens with one attached hydrogen (secondary N) is 1. The van der Waals surface area contributed by atoms with Gasteiger partial charge in [0.15, 0.2) is 5.65 Å². The van der Waals surface area contributed by atoms with Crippen LogP contribution in [0, 0.1) is 6.92 Å². The van der Waals surface area contributed by atoms with Crippen molar-refractivity contribution < 1.29 is 0 Å². The van der Waals surface area contributed by atoms with Gasteiger partial charge in [-0.3, -0.25) is 0 Å². The van der Waals surface area contributed by atoms with Crippen LogP contribution in [0.1, 0.15) is 11.3 Å². The smallest absolute Gasteiger partial charge is 0.157 e. The van der Waals surface area contributed by atoms with Gasteiger partial charge in [0.05, 0.1) is 5.69 Å². The summed E-state index contributed by atoms with van der Waals surface area (Å²) in [7, 11) is 0. The molecule has 0 bridgehead atoms. The molecular formula is C9H10N4. The van der Waals surface area contributed by atoms with Crippen LogP contribution in [0.15, 0.2) is 12.3 Å². The number of aryl methyl sites for hydroxylation is 1. The summed E-state index contributed by atoms with van der Waals surface area (Å²) in [6, 6.07) is 1.99. The maximum absolute atomic E-state index is 4.38. The van der Waals surface area contributed by atoms with Gasteiger partial charge in [-0.2, -0.15) is 9.61 Å². The molecule has 1 N–H and O–H groups in total. The van der Waals surface area contributed by atoms with Gasteiger partial charge in [0, 0.05) is 24.4 Å². The van der Waals surface area contributed by atoms with Crippen molar-refractivity contribution in [1.82, 2.24) is 14.6 Å². The van der Waals surface area contributed by atoms with Crippen LogP contribution < -0.4 is 5.32 Å². The van der Waals surface area contributed by atoms with E-state index >= 15 is 0 Å².